The van der Waals surface area contributed by atoms with Crippen molar-refractivity contribution >= 4 is 28.8 Å². The lowest BCUT2D eigenvalue weighted by Crippen LogP contribution is -2.37. The first-order valence-electron chi connectivity index (χ1n) is 10.5. The van der Waals surface area contributed by atoms with Crippen LogP contribution < -0.4 is 4.90 Å². The van der Waals surface area contributed by atoms with Crippen LogP contribution in [0.1, 0.15) is 37.3 Å². The molecule has 0 aliphatic carbocycles. The molecule has 2 aromatic rings. The van der Waals surface area contributed by atoms with E-state index >= 15 is 0 Å². The zero-order chi connectivity index (χ0) is 19.5. The molecule has 0 radical (unpaired) electrons. The predicted octanol–water partition coefficient (Wildman–Crippen LogP) is 5.27. The fraction of sp³-hybridized carbons (Fsp3) is 0.458. The molecule has 2 aliphatic rings. The van der Waals surface area contributed by atoms with Crippen LogP contribution in [0.5, 0.6) is 0 Å². The average molecular weight is 397 g/mol. The molecular formula is C24H29ClN2O. The molecule has 4 heteroatoms. The van der Waals surface area contributed by atoms with Crippen molar-refractivity contribution in [2.75, 3.05) is 31.1 Å². The minimum absolute atomic E-state index is 0.280. The number of piperidine rings is 1. The Balaban J connectivity index is 1.46. The van der Waals surface area contributed by atoms with Gasteiger partial charge in [-0.3, -0.25) is 4.79 Å². The zero-order valence-corrected chi connectivity index (χ0v) is 17.4. The monoisotopic (exact) mass is 396 g/mol. The Labute approximate surface area is 173 Å². The second kappa shape index (κ2) is 8.67. The van der Waals surface area contributed by atoms with Gasteiger partial charge in [0.25, 0.3) is 0 Å². The lowest BCUT2D eigenvalue weighted by Gasteiger charge is -2.32. The highest BCUT2D eigenvalue weighted by molar-refractivity contribution is 6.30. The van der Waals surface area contributed by atoms with Gasteiger partial charge in [-0.2, -0.15) is 0 Å². The predicted molar refractivity (Wildman–Crippen MR) is 117 cm³/mol. The van der Waals surface area contributed by atoms with Crippen LogP contribution in [0.4, 0.5) is 11.4 Å². The largest absolute Gasteiger partial charge is 0.341 e. The molecule has 2 aromatic carbocycles. The standard InChI is InChI=1S/C24H29ClN2O/c1-18(28)19-11-15-26(16-12-19)13-4-14-27-23-6-3-2-5-20(23)7-8-21-9-10-22(25)17-24(21)27/h2-3,5-6,9-10,17,19H,4,7-8,11-16H2,1H3. The summed E-state index contributed by atoms with van der Waals surface area (Å²) in [4.78, 5) is 16.6. The van der Waals surface area contributed by atoms with E-state index in [9.17, 15) is 4.79 Å². The number of likely N-dealkylation sites (tertiary alicyclic amines) is 1. The summed E-state index contributed by atoms with van der Waals surface area (Å²) in [6, 6.07) is 15.1. The van der Waals surface area contributed by atoms with Gasteiger partial charge in [-0.1, -0.05) is 35.9 Å². The Bertz CT molecular complexity index is 842. The molecule has 0 atom stereocenters. The third-order valence-electron chi connectivity index (χ3n) is 6.30. The summed E-state index contributed by atoms with van der Waals surface area (Å²) < 4.78 is 0. The van der Waals surface area contributed by atoms with E-state index in [1.807, 2.05) is 6.07 Å². The second-order valence-electron chi connectivity index (χ2n) is 8.13. The number of nitrogens with zero attached hydrogens (tertiary/aromatic N) is 2. The smallest absolute Gasteiger partial charge is 0.133 e. The van der Waals surface area contributed by atoms with Crippen molar-refractivity contribution in [1.29, 1.82) is 0 Å². The topological polar surface area (TPSA) is 23.6 Å². The van der Waals surface area contributed by atoms with Gasteiger partial charge in [0.05, 0.1) is 0 Å². The number of carbonyl (C=O) groups is 1. The number of benzene rings is 2. The van der Waals surface area contributed by atoms with Crippen LogP contribution in [0, 0.1) is 5.92 Å². The Morgan fingerprint density at radius 3 is 2.46 bits per heavy atom. The van der Waals surface area contributed by atoms with Crippen LogP contribution in [0.3, 0.4) is 0 Å². The summed E-state index contributed by atoms with van der Waals surface area (Å²) in [6.07, 6.45) is 5.25. The third kappa shape index (κ3) is 4.26. The number of para-hydroxylation sites is 1. The Kier molecular flexibility index (Phi) is 6.03. The van der Waals surface area contributed by atoms with Crippen LogP contribution in [-0.4, -0.2) is 36.9 Å². The van der Waals surface area contributed by atoms with Crippen molar-refractivity contribution in [3.63, 3.8) is 0 Å². The molecule has 2 heterocycles. The molecule has 4 rings (SSSR count). The van der Waals surface area contributed by atoms with Gasteiger partial charge in [-0.05, 0) is 88.0 Å². The lowest BCUT2D eigenvalue weighted by molar-refractivity contribution is -0.122. The fourth-order valence-corrected chi connectivity index (χ4v) is 4.81. The molecule has 28 heavy (non-hydrogen) atoms. The average Bonchev–Trinajstić information content (AvgIpc) is 2.85. The maximum absolute atomic E-state index is 11.6. The molecule has 1 fully saturated rings. The molecule has 0 unspecified atom stereocenters. The maximum Gasteiger partial charge on any atom is 0.133 e. The number of ketones is 1. The Morgan fingerprint density at radius 1 is 1.00 bits per heavy atom. The second-order valence-corrected chi connectivity index (χ2v) is 8.57. The number of rotatable bonds is 5. The van der Waals surface area contributed by atoms with E-state index in [2.05, 4.69) is 46.2 Å². The van der Waals surface area contributed by atoms with E-state index in [1.54, 1.807) is 6.92 Å². The van der Waals surface area contributed by atoms with E-state index in [-0.39, 0.29) is 5.92 Å². The van der Waals surface area contributed by atoms with E-state index in [0.29, 0.717) is 5.78 Å². The van der Waals surface area contributed by atoms with Gasteiger partial charge in [-0.25, -0.2) is 0 Å². The Morgan fingerprint density at radius 2 is 1.71 bits per heavy atom. The van der Waals surface area contributed by atoms with Crippen molar-refractivity contribution in [2.24, 2.45) is 5.92 Å². The lowest BCUT2D eigenvalue weighted by atomic mass is 9.93. The summed E-state index contributed by atoms with van der Waals surface area (Å²) in [7, 11) is 0. The SMILES string of the molecule is CC(=O)C1CCN(CCCN2c3ccccc3CCc3ccc(Cl)cc32)CC1. The van der Waals surface area contributed by atoms with Crippen molar-refractivity contribution in [1.82, 2.24) is 4.90 Å². The number of fused-ring (bicyclic) bond motifs is 2. The molecule has 148 valence electrons. The maximum atomic E-state index is 11.6. The van der Waals surface area contributed by atoms with Gasteiger partial charge in [0.15, 0.2) is 0 Å². The highest BCUT2D eigenvalue weighted by Gasteiger charge is 2.23. The van der Waals surface area contributed by atoms with Gasteiger partial charge < -0.3 is 9.80 Å². The van der Waals surface area contributed by atoms with Gasteiger partial charge in [0.2, 0.25) is 0 Å². The molecule has 0 spiro atoms. The first-order valence-corrected chi connectivity index (χ1v) is 10.9. The highest BCUT2D eigenvalue weighted by Crippen LogP contribution is 2.37. The fourth-order valence-electron chi connectivity index (χ4n) is 4.64. The number of carbonyl (C=O) groups excluding carboxylic acids is 1. The molecule has 1 saturated heterocycles. The van der Waals surface area contributed by atoms with Crippen LogP contribution in [0.2, 0.25) is 5.02 Å². The highest BCUT2D eigenvalue weighted by atomic mass is 35.5. The minimum atomic E-state index is 0.280. The van der Waals surface area contributed by atoms with Gasteiger partial charge in [0, 0.05) is 28.9 Å². The van der Waals surface area contributed by atoms with Crippen molar-refractivity contribution < 1.29 is 4.79 Å². The third-order valence-corrected chi connectivity index (χ3v) is 6.54. The zero-order valence-electron chi connectivity index (χ0n) is 16.7. The van der Waals surface area contributed by atoms with E-state index < -0.39 is 0 Å². The van der Waals surface area contributed by atoms with Crippen molar-refractivity contribution in [3.8, 4) is 0 Å². The van der Waals surface area contributed by atoms with Crippen LogP contribution in [-0.2, 0) is 17.6 Å². The molecule has 0 bridgehead atoms. The van der Waals surface area contributed by atoms with Gasteiger partial charge in [-0.15, -0.1) is 0 Å². The van der Waals surface area contributed by atoms with Crippen LogP contribution in [0.25, 0.3) is 0 Å². The van der Waals surface area contributed by atoms with Crippen molar-refractivity contribution in [2.45, 2.75) is 39.0 Å². The van der Waals surface area contributed by atoms with Crippen molar-refractivity contribution in [3.05, 3.63) is 58.6 Å². The molecule has 0 saturated carbocycles. The van der Waals surface area contributed by atoms with Crippen LogP contribution >= 0.6 is 11.6 Å². The summed E-state index contributed by atoms with van der Waals surface area (Å²) in [5.74, 6) is 0.636. The number of hydrogen-bond acceptors (Lipinski definition) is 3. The summed E-state index contributed by atoms with van der Waals surface area (Å²) >= 11 is 6.35. The normalized spacial score (nSPS) is 17.7. The first-order chi connectivity index (χ1) is 13.6. The number of halogens is 1. The molecular weight excluding hydrogens is 368 g/mol. The van der Waals surface area contributed by atoms with Gasteiger partial charge >= 0.3 is 0 Å². The van der Waals surface area contributed by atoms with E-state index in [1.165, 1.54) is 22.5 Å². The number of Topliss-reactive ketones (excluding diaryl/α,β-unsaturated/α-hetero) is 1. The van der Waals surface area contributed by atoms with E-state index in [0.717, 1.165) is 63.3 Å². The number of aryl methyl sites for hydroxylation is 2. The van der Waals surface area contributed by atoms with Crippen LogP contribution in [0.15, 0.2) is 42.5 Å². The minimum Gasteiger partial charge on any atom is -0.341 e. The molecule has 0 aromatic heterocycles. The molecule has 2 aliphatic heterocycles. The molecule has 0 N–H and O–H groups in total. The molecule has 3 nitrogen and oxygen atoms in total. The first kappa shape index (κ1) is 19.5. The molecule has 0 amide bonds. The van der Waals surface area contributed by atoms with E-state index in [4.69, 9.17) is 11.6 Å². The number of hydrogen-bond donors (Lipinski definition) is 0. The summed E-state index contributed by atoms with van der Waals surface area (Å²) in [5, 5.41) is 0.800. The van der Waals surface area contributed by atoms with Gasteiger partial charge in [0.1, 0.15) is 5.78 Å². The number of anilines is 2. The summed E-state index contributed by atoms with van der Waals surface area (Å²) in [6.45, 7) is 5.89. The summed E-state index contributed by atoms with van der Waals surface area (Å²) in [5.41, 5.74) is 5.37. The quantitative estimate of drug-likeness (QED) is 0.688. The Hall–Kier alpha value is -1.84.